The molecule has 0 saturated heterocycles. The number of rotatable bonds is 6. The number of carbonyl (C=O) groups is 1. The number of ether oxygens (including phenoxy) is 1. The summed E-state index contributed by atoms with van der Waals surface area (Å²) in [5, 5.41) is 4.67. The summed E-state index contributed by atoms with van der Waals surface area (Å²) in [6.45, 7) is 2.42. The lowest BCUT2D eigenvalue weighted by atomic mass is 10.1. The SMILES string of the molecule is CCc1ccc(OCCNC(=O)Nc2ccccc2C(F)(F)F)cc1. The highest BCUT2D eigenvalue weighted by atomic mass is 19.4. The first-order chi connectivity index (χ1) is 11.9. The zero-order valence-corrected chi connectivity index (χ0v) is 13.7. The van der Waals surface area contributed by atoms with Gasteiger partial charge in [0.1, 0.15) is 12.4 Å². The van der Waals surface area contributed by atoms with Gasteiger partial charge in [-0.15, -0.1) is 0 Å². The molecule has 25 heavy (non-hydrogen) atoms. The van der Waals surface area contributed by atoms with E-state index in [0.717, 1.165) is 12.5 Å². The van der Waals surface area contributed by atoms with Crippen molar-refractivity contribution < 1.29 is 22.7 Å². The van der Waals surface area contributed by atoms with E-state index in [1.165, 1.54) is 23.8 Å². The third-order valence-corrected chi connectivity index (χ3v) is 3.47. The second-order valence-corrected chi connectivity index (χ2v) is 5.27. The number of anilines is 1. The molecule has 0 aliphatic rings. The van der Waals surface area contributed by atoms with Crippen molar-refractivity contribution in [2.24, 2.45) is 0 Å². The predicted octanol–water partition coefficient (Wildman–Crippen LogP) is 4.47. The number of nitrogens with one attached hydrogen (secondary N) is 2. The molecule has 7 heteroatoms. The molecule has 2 amide bonds. The highest BCUT2D eigenvalue weighted by Crippen LogP contribution is 2.34. The zero-order chi connectivity index (χ0) is 18.3. The Morgan fingerprint density at radius 3 is 2.40 bits per heavy atom. The number of alkyl halides is 3. The van der Waals surface area contributed by atoms with Gasteiger partial charge in [0.15, 0.2) is 0 Å². The first-order valence-electron chi connectivity index (χ1n) is 7.83. The normalized spacial score (nSPS) is 11.0. The molecule has 2 rings (SSSR count). The van der Waals surface area contributed by atoms with Gasteiger partial charge in [0.25, 0.3) is 0 Å². The number of hydrogen-bond donors (Lipinski definition) is 2. The van der Waals surface area contributed by atoms with E-state index in [4.69, 9.17) is 4.74 Å². The van der Waals surface area contributed by atoms with Crippen LogP contribution in [0.1, 0.15) is 18.1 Å². The Hall–Kier alpha value is -2.70. The molecule has 0 unspecified atom stereocenters. The van der Waals surface area contributed by atoms with Crippen LogP contribution < -0.4 is 15.4 Å². The maximum absolute atomic E-state index is 12.9. The third-order valence-electron chi connectivity index (χ3n) is 3.47. The summed E-state index contributed by atoms with van der Waals surface area (Å²) in [4.78, 5) is 11.7. The first-order valence-corrected chi connectivity index (χ1v) is 7.83. The average Bonchev–Trinajstić information content (AvgIpc) is 2.59. The molecule has 0 heterocycles. The Morgan fingerprint density at radius 1 is 1.08 bits per heavy atom. The maximum Gasteiger partial charge on any atom is 0.418 e. The van der Waals surface area contributed by atoms with Crippen LogP contribution >= 0.6 is 0 Å². The lowest BCUT2D eigenvalue weighted by Gasteiger charge is -2.14. The van der Waals surface area contributed by atoms with Crippen LogP contribution in [0.3, 0.4) is 0 Å². The van der Waals surface area contributed by atoms with E-state index < -0.39 is 17.8 Å². The summed E-state index contributed by atoms with van der Waals surface area (Å²) in [5.74, 6) is 0.668. The van der Waals surface area contributed by atoms with Crippen LogP contribution in [0.4, 0.5) is 23.7 Å². The minimum Gasteiger partial charge on any atom is -0.492 e. The fourth-order valence-electron chi connectivity index (χ4n) is 2.16. The topological polar surface area (TPSA) is 50.4 Å². The van der Waals surface area contributed by atoms with E-state index in [-0.39, 0.29) is 18.8 Å². The number of carbonyl (C=O) groups excluding carboxylic acids is 1. The molecule has 2 aromatic rings. The molecule has 0 radical (unpaired) electrons. The number of urea groups is 1. The molecule has 2 N–H and O–H groups in total. The summed E-state index contributed by atoms with van der Waals surface area (Å²) in [5.41, 5.74) is 0.00849. The number of aryl methyl sites for hydroxylation is 1. The molecule has 2 aromatic carbocycles. The van der Waals surface area contributed by atoms with Gasteiger partial charge >= 0.3 is 12.2 Å². The van der Waals surface area contributed by atoms with Crippen molar-refractivity contribution in [2.45, 2.75) is 19.5 Å². The van der Waals surface area contributed by atoms with Crippen molar-refractivity contribution in [2.75, 3.05) is 18.5 Å². The Balaban J connectivity index is 1.79. The molecule has 0 aliphatic carbocycles. The van der Waals surface area contributed by atoms with Crippen LogP contribution in [0, 0.1) is 0 Å². The summed E-state index contributed by atoms with van der Waals surface area (Å²) in [6, 6.07) is 11.6. The van der Waals surface area contributed by atoms with Crippen molar-refractivity contribution in [3.8, 4) is 5.75 Å². The van der Waals surface area contributed by atoms with Gasteiger partial charge in [0.05, 0.1) is 17.8 Å². The molecule has 0 saturated carbocycles. The Labute approximate surface area is 144 Å². The van der Waals surface area contributed by atoms with Crippen molar-refractivity contribution >= 4 is 11.7 Å². The molecule has 0 atom stereocenters. The summed E-state index contributed by atoms with van der Waals surface area (Å²) >= 11 is 0. The zero-order valence-electron chi connectivity index (χ0n) is 13.7. The van der Waals surface area contributed by atoms with E-state index in [0.29, 0.717) is 5.75 Å². The van der Waals surface area contributed by atoms with Gasteiger partial charge < -0.3 is 15.4 Å². The second-order valence-electron chi connectivity index (χ2n) is 5.27. The van der Waals surface area contributed by atoms with Gasteiger partial charge in [-0.1, -0.05) is 31.2 Å². The number of amides is 2. The third kappa shape index (κ3) is 5.70. The maximum atomic E-state index is 12.9. The molecule has 134 valence electrons. The van der Waals surface area contributed by atoms with Crippen LogP contribution in [-0.4, -0.2) is 19.2 Å². The second kappa shape index (κ2) is 8.41. The summed E-state index contributed by atoms with van der Waals surface area (Å²) < 4.78 is 44.0. The van der Waals surface area contributed by atoms with Crippen LogP contribution in [0.5, 0.6) is 5.75 Å². The van der Waals surface area contributed by atoms with E-state index >= 15 is 0 Å². The lowest BCUT2D eigenvalue weighted by molar-refractivity contribution is -0.136. The highest BCUT2D eigenvalue weighted by molar-refractivity contribution is 5.90. The van der Waals surface area contributed by atoms with E-state index in [1.54, 1.807) is 0 Å². The number of benzene rings is 2. The Morgan fingerprint density at radius 2 is 1.76 bits per heavy atom. The van der Waals surface area contributed by atoms with Crippen LogP contribution in [0.2, 0.25) is 0 Å². The molecule has 0 spiro atoms. The minimum atomic E-state index is -4.53. The number of hydrogen-bond acceptors (Lipinski definition) is 2. The van der Waals surface area contributed by atoms with Crippen molar-refractivity contribution in [1.82, 2.24) is 5.32 Å². The van der Waals surface area contributed by atoms with Crippen LogP contribution in [-0.2, 0) is 12.6 Å². The monoisotopic (exact) mass is 352 g/mol. The van der Waals surface area contributed by atoms with Gasteiger partial charge in [-0.3, -0.25) is 0 Å². The number of para-hydroxylation sites is 1. The summed E-state index contributed by atoms with van der Waals surface area (Å²) in [6.07, 6.45) is -3.60. The Kier molecular flexibility index (Phi) is 6.27. The van der Waals surface area contributed by atoms with Crippen molar-refractivity contribution in [3.63, 3.8) is 0 Å². The minimum absolute atomic E-state index is 0.162. The molecule has 0 aromatic heterocycles. The molecule has 0 fully saturated rings. The fourth-order valence-corrected chi connectivity index (χ4v) is 2.16. The standard InChI is InChI=1S/C18H19F3N2O2/c1-2-13-7-9-14(10-8-13)25-12-11-22-17(24)23-16-6-4-3-5-15(16)18(19,20)21/h3-10H,2,11-12H2,1H3,(H2,22,23,24). The molecule has 0 bridgehead atoms. The number of halogens is 3. The quantitative estimate of drug-likeness (QED) is 0.754. The van der Waals surface area contributed by atoms with Crippen LogP contribution in [0.15, 0.2) is 48.5 Å². The van der Waals surface area contributed by atoms with Crippen LogP contribution in [0.25, 0.3) is 0 Å². The molecule has 4 nitrogen and oxygen atoms in total. The fraction of sp³-hybridized carbons (Fsp3) is 0.278. The predicted molar refractivity (Wildman–Crippen MR) is 89.8 cm³/mol. The Bertz CT molecular complexity index is 700. The molecule has 0 aliphatic heterocycles. The first kappa shape index (κ1) is 18.6. The van der Waals surface area contributed by atoms with Gasteiger partial charge in [0.2, 0.25) is 0 Å². The van der Waals surface area contributed by atoms with Gasteiger partial charge in [-0.25, -0.2) is 4.79 Å². The average molecular weight is 352 g/mol. The van der Waals surface area contributed by atoms with E-state index in [1.807, 2.05) is 24.3 Å². The van der Waals surface area contributed by atoms with Crippen molar-refractivity contribution in [1.29, 1.82) is 0 Å². The smallest absolute Gasteiger partial charge is 0.418 e. The van der Waals surface area contributed by atoms with E-state index in [2.05, 4.69) is 17.6 Å². The lowest BCUT2D eigenvalue weighted by Crippen LogP contribution is -2.32. The van der Waals surface area contributed by atoms with Gasteiger partial charge in [-0.05, 0) is 36.2 Å². The van der Waals surface area contributed by atoms with E-state index in [9.17, 15) is 18.0 Å². The van der Waals surface area contributed by atoms with Gasteiger partial charge in [0, 0.05) is 0 Å². The molecular weight excluding hydrogens is 333 g/mol. The largest absolute Gasteiger partial charge is 0.492 e. The van der Waals surface area contributed by atoms with Crippen molar-refractivity contribution in [3.05, 3.63) is 59.7 Å². The highest BCUT2D eigenvalue weighted by Gasteiger charge is 2.33. The van der Waals surface area contributed by atoms with Gasteiger partial charge in [-0.2, -0.15) is 13.2 Å². The summed E-state index contributed by atoms with van der Waals surface area (Å²) in [7, 11) is 0. The molecular formula is C18H19F3N2O2.